The fourth-order valence-electron chi connectivity index (χ4n) is 3.91. The summed E-state index contributed by atoms with van der Waals surface area (Å²) < 4.78 is 2.22. The number of carbonyl (C=O) groups excluding carboxylic acids is 1. The van der Waals surface area contributed by atoms with Gasteiger partial charge in [0.25, 0.3) is 0 Å². The van der Waals surface area contributed by atoms with Crippen molar-refractivity contribution in [2.24, 2.45) is 0 Å². The number of fused-ring (bicyclic) bond motifs is 1. The highest BCUT2D eigenvalue weighted by Gasteiger charge is 2.16. The van der Waals surface area contributed by atoms with E-state index in [0.717, 1.165) is 65.0 Å². The molecule has 1 N–H and O–H groups in total. The summed E-state index contributed by atoms with van der Waals surface area (Å²) in [5, 5.41) is 14.7. The summed E-state index contributed by atoms with van der Waals surface area (Å²) >= 11 is 1.56. The van der Waals surface area contributed by atoms with Gasteiger partial charge in [0.15, 0.2) is 5.82 Å². The molecule has 0 saturated carbocycles. The van der Waals surface area contributed by atoms with Gasteiger partial charge in [0.1, 0.15) is 10.8 Å². The van der Waals surface area contributed by atoms with E-state index in [1.54, 1.807) is 11.3 Å². The molecule has 1 aliphatic heterocycles. The van der Waals surface area contributed by atoms with Crippen molar-refractivity contribution in [3.63, 3.8) is 0 Å². The standard InChI is InChI=1S/C24H23N5OS/c30-22(15-20-16-31-24(26-20)17-8-3-1-4-9-17)25-19-11-7-10-18(14-19)23-28-27-21-12-5-2-6-13-29(21)23/h1,3-4,7-11,14,16H,2,5-6,12-13,15H2,(H,25,30). The lowest BCUT2D eigenvalue weighted by Crippen LogP contribution is -2.14. The number of nitrogens with zero attached hydrogens (tertiary/aromatic N) is 4. The number of amides is 1. The van der Waals surface area contributed by atoms with Crippen LogP contribution in [0.15, 0.2) is 60.0 Å². The van der Waals surface area contributed by atoms with Crippen LogP contribution in [-0.4, -0.2) is 25.7 Å². The van der Waals surface area contributed by atoms with Gasteiger partial charge in [0.2, 0.25) is 5.91 Å². The van der Waals surface area contributed by atoms with Gasteiger partial charge in [0.05, 0.1) is 12.1 Å². The first-order chi connectivity index (χ1) is 15.3. The van der Waals surface area contributed by atoms with Crippen molar-refractivity contribution < 1.29 is 4.79 Å². The number of anilines is 1. The first-order valence-electron chi connectivity index (χ1n) is 10.6. The Hall–Kier alpha value is -3.32. The Morgan fingerprint density at radius 1 is 1.00 bits per heavy atom. The van der Waals surface area contributed by atoms with Crippen molar-refractivity contribution in [3.05, 3.63) is 71.5 Å². The third kappa shape index (κ3) is 4.41. The highest BCUT2D eigenvalue weighted by atomic mass is 32.1. The Kier molecular flexibility index (Phi) is 5.58. The first-order valence-corrected chi connectivity index (χ1v) is 11.5. The molecular weight excluding hydrogens is 406 g/mol. The van der Waals surface area contributed by atoms with Crippen molar-refractivity contribution >= 4 is 22.9 Å². The van der Waals surface area contributed by atoms with E-state index < -0.39 is 0 Å². The van der Waals surface area contributed by atoms with E-state index in [-0.39, 0.29) is 12.3 Å². The molecule has 0 saturated heterocycles. The van der Waals surface area contributed by atoms with Crippen LogP contribution in [-0.2, 0) is 24.2 Å². The van der Waals surface area contributed by atoms with E-state index in [2.05, 4.69) is 25.1 Å². The number of thiazole rings is 1. The molecule has 0 fully saturated rings. The molecule has 1 amide bonds. The minimum atomic E-state index is -0.0814. The van der Waals surface area contributed by atoms with Crippen molar-refractivity contribution in [1.82, 2.24) is 19.7 Å². The van der Waals surface area contributed by atoms with E-state index in [4.69, 9.17) is 0 Å². The van der Waals surface area contributed by atoms with Crippen LogP contribution < -0.4 is 5.32 Å². The molecular formula is C24H23N5OS. The largest absolute Gasteiger partial charge is 0.326 e. The highest BCUT2D eigenvalue weighted by molar-refractivity contribution is 7.13. The minimum Gasteiger partial charge on any atom is -0.326 e. The van der Waals surface area contributed by atoms with Gasteiger partial charge in [-0.05, 0) is 25.0 Å². The first kappa shape index (κ1) is 19.6. The zero-order valence-corrected chi connectivity index (χ0v) is 17.9. The summed E-state index contributed by atoms with van der Waals surface area (Å²) in [6, 6.07) is 17.8. The van der Waals surface area contributed by atoms with Gasteiger partial charge in [-0.3, -0.25) is 4.79 Å². The van der Waals surface area contributed by atoms with E-state index in [0.29, 0.717) is 0 Å². The van der Waals surface area contributed by atoms with Crippen molar-refractivity contribution in [3.8, 4) is 22.0 Å². The van der Waals surface area contributed by atoms with Crippen molar-refractivity contribution in [1.29, 1.82) is 0 Å². The predicted octanol–water partition coefficient (Wildman–Crippen LogP) is 4.98. The molecule has 2 aromatic carbocycles. The molecule has 5 rings (SSSR count). The molecule has 2 aromatic heterocycles. The Labute approximate surface area is 185 Å². The van der Waals surface area contributed by atoms with Crippen LogP contribution in [0.2, 0.25) is 0 Å². The molecule has 6 nitrogen and oxygen atoms in total. The number of carbonyl (C=O) groups is 1. The molecule has 0 spiro atoms. The average Bonchev–Trinajstić information content (AvgIpc) is 3.35. The highest BCUT2D eigenvalue weighted by Crippen LogP contribution is 2.26. The third-order valence-corrected chi connectivity index (χ3v) is 6.37. The topological polar surface area (TPSA) is 72.7 Å². The van der Waals surface area contributed by atoms with Crippen LogP contribution in [0.25, 0.3) is 22.0 Å². The Morgan fingerprint density at radius 2 is 1.87 bits per heavy atom. The fraction of sp³-hybridized carbons (Fsp3) is 0.250. The normalized spacial score (nSPS) is 13.4. The lowest BCUT2D eigenvalue weighted by Gasteiger charge is -2.09. The molecule has 156 valence electrons. The number of aromatic nitrogens is 4. The average molecular weight is 430 g/mol. The van der Waals surface area contributed by atoms with Crippen LogP contribution >= 0.6 is 11.3 Å². The number of benzene rings is 2. The summed E-state index contributed by atoms with van der Waals surface area (Å²) in [7, 11) is 0. The van der Waals surface area contributed by atoms with Gasteiger partial charge >= 0.3 is 0 Å². The summed E-state index contributed by atoms with van der Waals surface area (Å²) in [4.78, 5) is 17.2. The van der Waals surface area contributed by atoms with Gasteiger partial charge in [-0.1, -0.05) is 48.9 Å². The SMILES string of the molecule is O=C(Cc1csc(-c2ccccc2)n1)Nc1cccc(-c2nnc3n2CCCCC3)c1. The van der Waals surface area contributed by atoms with E-state index >= 15 is 0 Å². The smallest absolute Gasteiger partial charge is 0.230 e. The van der Waals surface area contributed by atoms with Crippen LogP contribution in [0.4, 0.5) is 5.69 Å². The lowest BCUT2D eigenvalue weighted by molar-refractivity contribution is -0.115. The third-order valence-electron chi connectivity index (χ3n) is 5.43. The molecule has 3 heterocycles. The summed E-state index contributed by atoms with van der Waals surface area (Å²) in [6.45, 7) is 0.946. The second-order valence-electron chi connectivity index (χ2n) is 7.72. The molecule has 7 heteroatoms. The van der Waals surface area contributed by atoms with Crippen molar-refractivity contribution in [2.45, 2.75) is 38.6 Å². The zero-order valence-electron chi connectivity index (χ0n) is 17.1. The van der Waals surface area contributed by atoms with E-state index in [1.165, 1.54) is 6.42 Å². The Morgan fingerprint density at radius 3 is 2.77 bits per heavy atom. The number of aryl methyl sites for hydroxylation is 1. The van der Waals surface area contributed by atoms with Gasteiger partial charge in [-0.25, -0.2) is 4.98 Å². The number of nitrogens with one attached hydrogen (secondary N) is 1. The maximum absolute atomic E-state index is 12.6. The maximum atomic E-state index is 12.6. The van der Waals surface area contributed by atoms with Crippen LogP contribution in [0, 0.1) is 0 Å². The fourth-order valence-corrected chi connectivity index (χ4v) is 4.73. The number of hydrogen-bond donors (Lipinski definition) is 1. The monoisotopic (exact) mass is 429 g/mol. The quantitative estimate of drug-likeness (QED) is 0.486. The maximum Gasteiger partial charge on any atom is 0.230 e. The number of hydrogen-bond acceptors (Lipinski definition) is 5. The van der Waals surface area contributed by atoms with E-state index in [1.807, 2.05) is 60.0 Å². The number of rotatable bonds is 5. The minimum absolute atomic E-state index is 0.0814. The molecule has 0 atom stereocenters. The van der Waals surface area contributed by atoms with Gasteiger partial charge in [0, 0.05) is 35.2 Å². The van der Waals surface area contributed by atoms with Crippen LogP contribution in [0.5, 0.6) is 0 Å². The molecule has 0 radical (unpaired) electrons. The second-order valence-corrected chi connectivity index (χ2v) is 8.58. The van der Waals surface area contributed by atoms with Gasteiger partial charge < -0.3 is 9.88 Å². The molecule has 1 aliphatic rings. The van der Waals surface area contributed by atoms with Crippen LogP contribution in [0.3, 0.4) is 0 Å². The molecule has 0 bridgehead atoms. The molecule has 31 heavy (non-hydrogen) atoms. The lowest BCUT2D eigenvalue weighted by atomic mass is 10.1. The predicted molar refractivity (Wildman–Crippen MR) is 123 cm³/mol. The van der Waals surface area contributed by atoms with Crippen LogP contribution in [0.1, 0.15) is 30.8 Å². The summed E-state index contributed by atoms with van der Waals surface area (Å²) in [5.41, 5.74) is 3.57. The van der Waals surface area contributed by atoms with Gasteiger partial charge in [-0.2, -0.15) is 0 Å². The Bertz CT molecular complexity index is 1200. The molecule has 0 aliphatic carbocycles. The summed E-state index contributed by atoms with van der Waals surface area (Å²) in [6.07, 6.45) is 4.75. The molecule has 4 aromatic rings. The van der Waals surface area contributed by atoms with E-state index in [9.17, 15) is 4.79 Å². The second kappa shape index (κ2) is 8.81. The van der Waals surface area contributed by atoms with Gasteiger partial charge in [-0.15, -0.1) is 21.5 Å². The zero-order chi connectivity index (χ0) is 21.0. The summed E-state index contributed by atoms with van der Waals surface area (Å²) in [5.74, 6) is 1.85. The Balaban J connectivity index is 1.29. The van der Waals surface area contributed by atoms with Crippen molar-refractivity contribution in [2.75, 3.05) is 5.32 Å². The molecule has 0 unspecified atom stereocenters.